The molecule has 1 N–H and O–H groups in total. The molecule has 7 heteroatoms. The smallest absolute Gasteiger partial charge is 0.224 e. The Morgan fingerprint density at radius 3 is 2.81 bits per heavy atom. The second-order valence-corrected chi connectivity index (χ2v) is 9.31. The third-order valence-electron chi connectivity index (χ3n) is 4.14. The fraction of sp³-hybridized carbons (Fsp3) is 0.929. The minimum atomic E-state index is -2.95. The zero-order valence-corrected chi connectivity index (χ0v) is 14.3. The Morgan fingerprint density at radius 1 is 1.43 bits per heavy atom. The van der Waals surface area contributed by atoms with Gasteiger partial charge in [0.15, 0.2) is 9.84 Å². The minimum Gasteiger partial charge on any atom is -0.339 e. The van der Waals surface area contributed by atoms with Gasteiger partial charge in [-0.05, 0) is 12.8 Å². The molecule has 1 amide bonds. The highest BCUT2D eigenvalue weighted by Crippen LogP contribution is 2.20. The summed E-state index contributed by atoms with van der Waals surface area (Å²) in [4.78, 5) is 14.4. The van der Waals surface area contributed by atoms with E-state index in [4.69, 9.17) is 0 Å². The predicted octanol–water partition coefficient (Wildman–Crippen LogP) is 0.897. The van der Waals surface area contributed by atoms with Crippen molar-refractivity contribution in [2.45, 2.75) is 44.7 Å². The Balaban J connectivity index is 1.95. The van der Waals surface area contributed by atoms with Crippen molar-refractivity contribution in [2.24, 2.45) is 0 Å². The topological polar surface area (TPSA) is 66.5 Å². The summed E-state index contributed by atoms with van der Waals surface area (Å²) in [7, 11) is -2.95. The number of hydrogen-bond acceptors (Lipinski definition) is 5. The van der Waals surface area contributed by atoms with Gasteiger partial charge in [-0.3, -0.25) is 4.79 Å². The molecule has 2 fully saturated rings. The van der Waals surface area contributed by atoms with Gasteiger partial charge in [0.05, 0.1) is 11.5 Å². The number of thioether (sulfide) groups is 1. The van der Waals surface area contributed by atoms with Crippen molar-refractivity contribution in [3.63, 3.8) is 0 Å². The molecule has 2 saturated heterocycles. The van der Waals surface area contributed by atoms with Crippen molar-refractivity contribution in [1.29, 1.82) is 0 Å². The number of amides is 1. The Bertz CT molecular complexity index is 447. The van der Waals surface area contributed by atoms with Gasteiger partial charge < -0.3 is 10.2 Å². The first-order valence-electron chi connectivity index (χ1n) is 7.83. The van der Waals surface area contributed by atoms with Crippen LogP contribution in [0.5, 0.6) is 0 Å². The van der Waals surface area contributed by atoms with E-state index < -0.39 is 9.84 Å². The summed E-state index contributed by atoms with van der Waals surface area (Å²) in [6, 6.07) is 0.128. The predicted molar refractivity (Wildman–Crippen MR) is 87.4 cm³/mol. The standard InChI is InChI=1S/C14H26N2O3S2/c1-2-3-6-16(13-4-8-21(18,19)11-13)14(17)9-12-10-20-7-5-15-12/h12-13,15H,2-11H2,1H3. The van der Waals surface area contributed by atoms with Gasteiger partial charge in [-0.25, -0.2) is 8.42 Å². The van der Waals surface area contributed by atoms with Crippen LogP contribution >= 0.6 is 11.8 Å². The van der Waals surface area contributed by atoms with Gasteiger partial charge in [-0.15, -0.1) is 0 Å². The zero-order valence-electron chi connectivity index (χ0n) is 12.7. The largest absolute Gasteiger partial charge is 0.339 e. The van der Waals surface area contributed by atoms with Gasteiger partial charge in [0.25, 0.3) is 0 Å². The molecule has 122 valence electrons. The van der Waals surface area contributed by atoms with Crippen LogP contribution in [0.1, 0.15) is 32.6 Å². The number of nitrogens with one attached hydrogen (secondary N) is 1. The molecule has 0 bridgehead atoms. The Kier molecular flexibility index (Phi) is 6.37. The van der Waals surface area contributed by atoms with Gasteiger partial charge in [0, 0.05) is 43.1 Å². The molecular weight excluding hydrogens is 308 g/mol. The molecule has 2 rings (SSSR count). The van der Waals surface area contributed by atoms with Gasteiger partial charge in [-0.2, -0.15) is 11.8 Å². The van der Waals surface area contributed by atoms with Crippen molar-refractivity contribution in [2.75, 3.05) is 36.1 Å². The molecule has 2 aliphatic heterocycles. The van der Waals surface area contributed by atoms with Gasteiger partial charge in [-0.1, -0.05) is 13.3 Å². The molecule has 2 aliphatic rings. The van der Waals surface area contributed by atoms with E-state index in [1.54, 1.807) is 0 Å². The molecular formula is C14H26N2O3S2. The van der Waals surface area contributed by atoms with E-state index in [-0.39, 0.29) is 29.5 Å². The molecule has 2 atom stereocenters. The van der Waals surface area contributed by atoms with E-state index in [1.165, 1.54) is 0 Å². The summed E-state index contributed by atoms with van der Waals surface area (Å²) in [5.74, 6) is 2.56. The van der Waals surface area contributed by atoms with Gasteiger partial charge in [0.1, 0.15) is 0 Å². The van der Waals surface area contributed by atoms with E-state index in [0.717, 1.165) is 30.9 Å². The van der Waals surface area contributed by atoms with Crippen LogP contribution in [0, 0.1) is 0 Å². The normalized spacial score (nSPS) is 28.4. The molecule has 5 nitrogen and oxygen atoms in total. The molecule has 0 saturated carbocycles. The SMILES string of the molecule is CCCCN(C(=O)CC1CSCCN1)C1CCS(=O)(=O)C1. The van der Waals surface area contributed by atoms with E-state index in [1.807, 2.05) is 16.7 Å². The number of nitrogens with zero attached hydrogens (tertiary/aromatic N) is 1. The highest BCUT2D eigenvalue weighted by Gasteiger charge is 2.34. The van der Waals surface area contributed by atoms with E-state index >= 15 is 0 Å². The zero-order chi connectivity index (χ0) is 15.3. The molecule has 0 aromatic heterocycles. The van der Waals surface area contributed by atoms with Crippen LogP contribution in [0.25, 0.3) is 0 Å². The first-order chi connectivity index (χ1) is 10.0. The average molecular weight is 335 g/mol. The maximum absolute atomic E-state index is 12.6. The van der Waals surface area contributed by atoms with Crippen LogP contribution in [0.2, 0.25) is 0 Å². The van der Waals surface area contributed by atoms with E-state index in [2.05, 4.69) is 12.2 Å². The van der Waals surface area contributed by atoms with Crippen molar-refractivity contribution in [3.8, 4) is 0 Å². The van der Waals surface area contributed by atoms with Crippen LogP contribution in [0.3, 0.4) is 0 Å². The summed E-state index contributed by atoms with van der Waals surface area (Å²) in [6.07, 6.45) is 3.05. The van der Waals surface area contributed by atoms with Crippen LogP contribution in [-0.2, 0) is 14.6 Å². The lowest BCUT2D eigenvalue weighted by atomic mass is 10.1. The van der Waals surface area contributed by atoms with Crippen molar-refractivity contribution in [3.05, 3.63) is 0 Å². The lowest BCUT2D eigenvalue weighted by Gasteiger charge is -2.31. The van der Waals surface area contributed by atoms with Crippen LogP contribution in [0.4, 0.5) is 0 Å². The fourth-order valence-corrected chi connectivity index (χ4v) is 5.62. The molecule has 0 aliphatic carbocycles. The summed E-state index contributed by atoms with van der Waals surface area (Å²) >= 11 is 1.88. The maximum Gasteiger partial charge on any atom is 0.224 e. The number of hydrogen-bond donors (Lipinski definition) is 1. The van der Waals surface area contributed by atoms with Crippen LogP contribution in [0.15, 0.2) is 0 Å². The van der Waals surface area contributed by atoms with Gasteiger partial charge >= 0.3 is 0 Å². The summed E-state index contributed by atoms with van der Waals surface area (Å²) in [5, 5.41) is 3.38. The average Bonchev–Trinajstić information content (AvgIpc) is 2.80. The fourth-order valence-electron chi connectivity index (χ4n) is 2.94. The number of rotatable bonds is 6. The molecule has 2 unspecified atom stereocenters. The maximum atomic E-state index is 12.6. The molecule has 0 aromatic rings. The Hall–Kier alpha value is -0.270. The summed E-state index contributed by atoms with van der Waals surface area (Å²) in [5.41, 5.74) is 0. The van der Waals surface area contributed by atoms with Crippen molar-refractivity contribution in [1.82, 2.24) is 10.2 Å². The van der Waals surface area contributed by atoms with Crippen LogP contribution < -0.4 is 5.32 Å². The number of carbonyl (C=O) groups is 1. The molecule has 2 heterocycles. The summed E-state index contributed by atoms with van der Waals surface area (Å²) in [6.45, 7) is 3.73. The summed E-state index contributed by atoms with van der Waals surface area (Å²) < 4.78 is 23.4. The monoisotopic (exact) mass is 334 g/mol. The first kappa shape index (κ1) is 17.1. The molecule has 0 aromatic carbocycles. The third-order valence-corrected chi connectivity index (χ3v) is 7.02. The first-order valence-corrected chi connectivity index (χ1v) is 10.8. The highest BCUT2D eigenvalue weighted by atomic mass is 32.2. The van der Waals surface area contributed by atoms with Crippen molar-refractivity contribution < 1.29 is 13.2 Å². The number of carbonyl (C=O) groups excluding carboxylic acids is 1. The number of unbranched alkanes of at least 4 members (excludes halogenated alkanes) is 1. The Labute approximate surface area is 132 Å². The quantitative estimate of drug-likeness (QED) is 0.782. The second-order valence-electron chi connectivity index (χ2n) is 5.93. The van der Waals surface area contributed by atoms with E-state index in [9.17, 15) is 13.2 Å². The Morgan fingerprint density at radius 2 is 2.24 bits per heavy atom. The van der Waals surface area contributed by atoms with Crippen molar-refractivity contribution >= 4 is 27.5 Å². The molecule has 21 heavy (non-hydrogen) atoms. The third kappa shape index (κ3) is 5.14. The molecule has 0 spiro atoms. The molecule has 0 radical (unpaired) electrons. The van der Waals surface area contributed by atoms with Gasteiger partial charge in [0.2, 0.25) is 5.91 Å². The van der Waals surface area contributed by atoms with Crippen LogP contribution in [-0.4, -0.2) is 67.4 Å². The lowest BCUT2D eigenvalue weighted by molar-refractivity contribution is -0.133. The number of sulfone groups is 1. The van der Waals surface area contributed by atoms with E-state index in [0.29, 0.717) is 19.4 Å². The minimum absolute atomic E-state index is 0.106. The second kappa shape index (κ2) is 7.83. The highest BCUT2D eigenvalue weighted by molar-refractivity contribution is 7.99. The lowest BCUT2D eigenvalue weighted by Crippen LogP contribution is -2.46.